The van der Waals surface area contributed by atoms with E-state index in [1.165, 1.54) is 12.1 Å². The van der Waals surface area contributed by atoms with Crippen molar-refractivity contribution in [1.82, 2.24) is 14.8 Å². The molecular formula is C22H19FN4O2. The third-order valence-electron chi connectivity index (χ3n) is 5.40. The van der Waals surface area contributed by atoms with Gasteiger partial charge in [0.05, 0.1) is 12.7 Å². The van der Waals surface area contributed by atoms with Crippen LogP contribution in [0.25, 0.3) is 11.4 Å². The van der Waals surface area contributed by atoms with E-state index in [0.717, 1.165) is 29.7 Å². The summed E-state index contributed by atoms with van der Waals surface area (Å²) in [6.07, 6.45) is 2.07. The summed E-state index contributed by atoms with van der Waals surface area (Å²) in [6, 6.07) is 13.3. The number of methoxy groups -OCH3 is 1. The minimum Gasteiger partial charge on any atom is -0.496 e. The first kappa shape index (κ1) is 17.6. The number of halogens is 1. The predicted octanol–water partition coefficient (Wildman–Crippen LogP) is 4.11. The number of aromatic nitrogens is 3. The van der Waals surface area contributed by atoms with Gasteiger partial charge in [0.25, 0.3) is 0 Å². The maximum absolute atomic E-state index is 13.5. The fraction of sp³-hybridized carbons (Fsp3) is 0.227. The number of benzene rings is 2. The Labute approximate surface area is 167 Å². The molecule has 1 aromatic heterocycles. The number of nitrogens with zero attached hydrogens (tertiary/aromatic N) is 3. The number of hydrogen-bond donors (Lipinski definition) is 1. The summed E-state index contributed by atoms with van der Waals surface area (Å²) in [7, 11) is 1.60. The fourth-order valence-electron chi connectivity index (χ4n) is 4.05. The number of anilines is 1. The van der Waals surface area contributed by atoms with E-state index in [0.29, 0.717) is 29.5 Å². The van der Waals surface area contributed by atoms with Crippen LogP contribution in [0.5, 0.6) is 5.75 Å². The molecule has 1 N–H and O–H groups in total. The molecule has 2 heterocycles. The van der Waals surface area contributed by atoms with E-state index < -0.39 is 6.04 Å². The number of para-hydroxylation sites is 1. The minimum absolute atomic E-state index is 0.0908. The number of ether oxygens (including phenoxy) is 1. The van der Waals surface area contributed by atoms with Gasteiger partial charge in [0.15, 0.2) is 11.6 Å². The molecule has 1 aliphatic heterocycles. The standard InChI is InChI=1S/C22H19FN4O2/c1-29-18-8-3-2-5-15(18)21-25-22-24-16-6-4-7-17(28)19(16)20(27(22)26-21)13-9-11-14(23)12-10-13/h2-3,5,8-12,20H,4,6-7H2,1H3,(H,24,25,26). The Kier molecular flexibility index (Phi) is 4.16. The Morgan fingerprint density at radius 3 is 2.72 bits per heavy atom. The highest BCUT2D eigenvalue weighted by atomic mass is 19.1. The second-order valence-electron chi connectivity index (χ2n) is 7.15. The molecule has 0 saturated carbocycles. The summed E-state index contributed by atoms with van der Waals surface area (Å²) in [4.78, 5) is 17.5. The highest BCUT2D eigenvalue weighted by Crippen LogP contribution is 2.41. The molecule has 0 fully saturated rings. The normalized spacial score (nSPS) is 18.1. The second-order valence-corrected chi connectivity index (χ2v) is 7.15. The number of nitrogens with one attached hydrogen (secondary N) is 1. The van der Waals surface area contributed by atoms with Crippen LogP contribution in [-0.4, -0.2) is 27.7 Å². The van der Waals surface area contributed by atoms with Crippen LogP contribution in [0.4, 0.5) is 10.3 Å². The predicted molar refractivity (Wildman–Crippen MR) is 106 cm³/mol. The zero-order chi connectivity index (χ0) is 20.0. The van der Waals surface area contributed by atoms with Gasteiger partial charge in [0.1, 0.15) is 17.6 Å². The molecular weight excluding hydrogens is 371 g/mol. The molecule has 0 bridgehead atoms. The number of fused-ring (bicyclic) bond motifs is 1. The fourth-order valence-corrected chi connectivity index (χ4v) is 4.05. The van der Waals surface area contributed by atoms with Crippen LogP contribution in [0.3, 0.4) is 0 Å². The van der Waals surface area contributed by atoms with Gasteiger partial charge in [-0.2, -0.15) is 4.98 Å². The van der Waals surface area contributed by atoms with E-state index in [1.807, 2.05) is 24.3 Å². The molecule has 7 heteroatoms. The molecule has 2 aromatic carbocycles. The Balaban J connectivity index is 1.68. The average Bonchev–Trinajstić information content (AvgIpc) is 3.16. The molecule has 5 rings (SSSR count). The van der Waals surface area contributed by atoms with Crippen molar-refractivity contribution in [3.05, 3.63) is 71.2 Å². The second kappa shape index (κ2) is 6.84. The summed E-state index contributed by atoms with van der Waals surface area (Å²) < 4.78 is 20.7. The Morgan fingerprint density at radius 1 is 1.14 bits per heavy atom. The number of hydrogen-bond acceptors (Lipinski definition) is 5. The summed E-state index contributed by atoms with van der Waals surface area (Å²) in [6.45, 7) is 0. The Bertz CT molecular complexity index is 1130. The topological polar surface area (TPSA) is 69.0 Å². The van der Waals surface area contributed by atoms with Gasteiger partial charge >= 0.3 is 0 Å². The minimum atomic E-state index is -0.439. The maximum Gasteiger partial charge on any atom is 0.226 e. The van der Waals surface area contributed by atoms with Gasteiger partial charge in [-0.25, -0.2) is 9.07 Å². The van der Waals surface area contributed by atoms with E-state index in [-0.39, 0.29) is 11.6 Å². The van der Waals surface area contributed by atoms with Crippen LogP contribution in [0.1, 0.15) is 30.9 Å². The van der Waals surface area contributed by atoms with Crippen molar-refractivity contribution < 1.29 is 13.9 Å². The molecule has 1 unspecified atom stereocenters. The van der Waals surface area contributed by atoms with Gasteiger partial charge in [0.2, 0.25) is 5.95 Å². The van der Waals surface area contributed by atoms with E-state index in [9.17, 15) is 9.18 Å². The Hall–Kier alpha value is -3.48. The van der Waals surface area contributed by atoms with E-state index >= 15 is 0 Å². The first-order valence-corrected chi connectivity index (χ1v) is 9.54. The molecule has 3 aromatic rings. The van der Waals surface area contributed by atoms with Crippen LogP contribution >= 0.6 is 0 Å². The van der Waals surface area contributed by atoms with Crippen LogP contribution in [0.15, 0.2) is 59.8 Å². The van der Waals surface area contributed by atoms with Crippen molar-refractivity contribution >= 4 is 11.7 Å². The molecule has 0 amide bonds. The molecule has 0 spiro atoms. The highest BCUT2D eigenvalue weighted by Gasteiger charge is 2.37. The summed E-state index contributed by atoms with van der Waals surface area (Å²) in [5.41, 5.74) is 3.13. The zero-order valence-corrected chi connectivity index (χ0v) is 15.9. The SMILES string of the molecule is COc1ccccc1-c1nc2n(n1)C(c1ccc(F)cc1)C1=C(CCCC1=O)N2. The quantitative estimate of drug-likeness (QED) is 0.729. The van der Waals surface area contributed by atoms with Gasteiger partial charge in [-0.15, -0.1) is 5.10 Å². The first-order valence-electron chi connectivity index (χ1n) is 9.54. The number of allylic oxidation sites excluding steroid dienone is 2. The molecule has 29 heavy (non-hydrogen) atoms. The van der Waals surface area contributed by atoms with E-state index in [2.05, 4.69) is 10.3 Å². The first-order chi connectivity index (χ1) is 14.2. The monoisotopic (exact) mass is 390 g/mol. The number of carbonyl (C=O) groups is 1. The zero-order valence-electron chi connectivity index (χ0n) is 15.9. The van der Waals surface area contributed by atoms with E-state index in [4.69, 9.17) is 9.84 Å². The lowest BCUT2D eigenvalue weighted by molar-refractivity contribution is -0.116. The van der Waals surface area contributed by atoms with Crippen molar-refractivity contribution in [2.75, 3.05) is 12.4 Å². The molecule has 146 valence electrons. The molecule has 6 nitrogen and oxygen atoms in total. The van der Waals surface area contributed by atoms with Crippen molar-refractivity contribution in [2.45, 2.75) is 25.3 Å². The van der Waals surface area contributed by atoms with Crippen molar-refractivity contribution in [2.24, 2.45) is 0 Å². The van der Waals surface area contributed by atoms with Crippen LogP contribution in [0, 0.1) is 5.82 Å². The van der Waals surface area contributed by atoms with Crippen LogP contribution < -0.4 is 10.1 Å². The molecule has 1 aliphatic carbocycles. The molecule has 2 aliphatic rings. The van der Waals surface area contributed by atoms with Gasteiger partial charge < -0.3 is 10.1 Å². The van der Waals surface area contributed by atoms with Crippen molar-refractivity contribution in [3.8, 4) is 17.1 Å². The third kappa shape index (κ3) is 2.90. The molecule has 0 saturated heterocycles. The number of ketones is 1. The van der Waals surface area contributed by atoms with Crippen molar-refractivity contribution in [3.63, 3.8) is 0 Å². The molecule has 1 atom stereocenters. The summed E-state index contributed by atoms with van der Waals surface area (Å²) in [5.74, 6) is 1.51. The summed E-state index contributed by atoms with van der Waals surface area (Å²) >= 11 is 0. The lowest BCUT2D eigenvalue weighted by Gasteiger charge is -2.32. The lowest BCUT2D eigenvalue weighted by atomic mass is 9.85. The average molecular weight is 390 g/mol. The Morgan fingerprint density at radius 2 is 1.93 bits per heavy atom. The van der Waals surface area contributed by atoms with Gasteiger partial charge in [0, 0.05) is 17.7 Å². The largest absolute Gasteiger partial charge is 0.496 e. The smallest absolute Gasteiger partial charge is 0.226 e. The number of Topliss-reactive ketones (excluding diaryl/α,β-unsaturated/α-hetero) is 1. The van der Waals surface area contributed by atoms with Crippen LogP contribution in [-0.2, 0) is 4.79 Å². The molecule has 0 radical (unpaired) electrons. The van der Waals surface area contributed by atoms with Crippen LogP contribution in [0.2, 0.25) is 0 Å². The summed E-state index contributed by atoms with van der Waals surface area (Å²) in [5, 5.41) is 8.02. The number of rotatable bonds is 3. The van der Waals surface area contributed by atoms with Crippen molar-refractivity contribution in [1.29, 1.82) is 0 Å². The van der Waals surface area contributed by atoms with Gasteiger partial charge in [-0.3, -0.25) is 4.79 Å². The van der Waals surface area contributed by atoms with Gasteiger partial charge in [-0.1, -0.05) is 24.3 Å². The van der Waals surface area contributed by atoms with Gasteiger partial charge in [-0.05, 0) is 42.7 Å². The maximum atomic E-state index is 13.5. The highest BCUT2D eigenvalue weighted by molar-refractivity contribution is 5.99. The third-order valence-corrected chi connectivity index (χ3v) is 5.40. The lowest BCUT2D eigenvalue weighted by Crippen LogP contribution is -2.31. The number of carbonyl (C=O) groups excluding carboxylic acids is 1. The van der Waals surface area contributed by atoms with E-state index in [1.54, 1.807) is 23.9 Å².